The fourth-order valence-corrected chi connectivity index (χ4v) is 6.77. The number of piperidine rings is 1. The molecule has 1 aliphatic rings. The van der Waals surface area contributed by atoms with Crippen LogP contribution in [0, 0.1) is 0 Å². The van der Waals surface area contributed by atoms with E-state index in [0.717, 1.165) is 52.7 Å². The highest BCUT2D eigenvalue weighted by Crippen LogP contribution is 2.31. The number of hydrogen-bond donors (Lipinski definition) is 6. The number of phenolic OH excluding ortho intramolecular Hbond substituents is 1. The third-order valence-corrected chi connectivity index (χ3v) is 9.83. The Morgan fingerprint density at radius 2 is 1.64 bits per heavy atom. The van der Waals surface area contributed by atoms with Crippen LogP contribution in [0.4, 0.5) is 16.2 Å². The number of carbonyl (C=O) groups is 2. The number of likely N-dealkylation sites (tertiary alicyclic amines) is 1. The first-order valence-electron chi connectivity index (χ1n) is 18.1. The number of aromatic amines is 1. The summed E-state index contributed by atoms with van der Waals surface area (Å²) in [6.07, 6.45) is 1.91. The molecule has 0 radical (unpaired) electrons. The molecule has 5 aromatic rings. The number of aliphatic hydroxyl groups is 1. The number of rotatable bonds is 13. The standard InChI is InChI=1S/C42H47N5O6/c1-47(2)23-21-32(22-24-47)53-42(52)45-36-25-28(13-16-33(36)30-8-4-3-5-9-30)7-6-10-39(50)44-31-14-11-29(12-15-31)26-43-27-38(49)34-17-19-37(48)41-35(34)18-20-40(51)46-41/h3-5,8-9,11-20,25,32,38,43,49H,6-7,10,21-24,26-27H2,1-2H3,(H3-,44,45,46,48,50,51,52)/p+1/t38-/m0/s1. The van der Waals surface area contributed by atoms with Gasteiger partial charge in [0.05, 0.1) is 44.5 Å². The van der Waals surface area contributed by atoms with Gasteiger partial charge in [-0.15, -0.1) is 0 Å². The van der Waals surface area contributed by atoms with Gasteiger partial charge < -0.3 is 35.1 Å². The molecule has 1 atom stereocenters. The van der Waals surface area contributed by atoms with Crippen LogP contribution in [0.25, 0.3) is 22.0 Å². The highest BCUT2D eigenvalue weighted by Gasteiger charge is 2.28. The Hall–Kier alpha value is -5.49. The van der Waals surface area contributed by atoms with Crippen LogP contribution < -0.4 is 21.5 Å². The number of aliphatic hydroxyl groups excluding tert-OH is 1. The molecular formula is C42H48N5O6+. The molecule has 0 unspecified atom stereocenters. The molecule has 6 N–H and O–H groups in total. The first kappa shape index (κ1) is 37.3. The number of hydrogen-bond acceptors (Lipinski definition) is 7. The molecular weight excluding hydrogens is 670 g/mol. The number of carbonyl (C=O) groups excluding carboxylic acids is 2. The van der Waals surface area contributed by atoms with Crippen molar-refractivity contribution in [2.45, 2.75) is 50.9 Å². The Morgan fingerprint density at radius 1 is 0.906 bits per heavy atom. The second-order valence-corrected chi connectivity index (χ2v) is 14.4. The van der Waals surface area contributed by atoms with Crippen molar-refractivity contribution in [3.8, 4) is 16.9 Å². The van der Waals surface area contributed by atoms with Gasteiger partial charge in [0, 0.05) is 55.1 Å². The minimum absolute atomic E-state index is 0.0529. The van der Waals surface area contributed by atoms with Gasteiger partial charge in [0.15, 0.2) is 0 Å². The van der Waals surface area contributed by atoms with Gasteiger partial charge >= 0.3 is 6.09 Å². The number of pyridine rings is 1. The normalized spacial score (nSPS) is 14.8. The van der Waals surface area contributed by atoms with Crippen molar-refractivity contribution < 1.29 is 29.0 Å². The number of benzene rings is 4. The number of phenols is 1. The fraction of sp³-hybridized carbons (Fsp3) is 0.310. The van der Waals surface area contributed by atoms with Gasteiger partial charge in [-0.3, -0.25) is 14.9 Å². The lowest BCUT2D eigenvalue weighted by atomic mass is 9.99. The summed E-state index contributed by atoms with van der Waals surface area (Å²) >= 11 is 0. The predicted molar refractivity (Wildman–Crippen MR) is 208 cm³/mol. The largest absolute Gasteiger partial charge is 0.506 e. The Bertz CT molecular complexity index is 2090. The van der Waals surface area contributed by atoms with E-state index in [1.54, 1.807) is 12.1 Å². The van der Waals surface area contributed by atoms with Crippen LogP contribution in [0.2, 0.25) is 0 Å². The monoisotopic (exact) mass is 718 g/mol. The second-order valence-electron chi connectivity index (χ2n) is 14.4. The quantitative estimate of drug-likeness (QED) is 0.0764. The van der Waals surface area contributed by atoms with Gasteiger partial charge in [-0.1, -0.05) is 60.7 Å². The maximum absolute atomic E-state index is 13.0. The molecule has 0 bridgehead atoms. The molecule has 0 spiro atoms. The van der Waals surface area contributed by atoms with Crippen LogP contribution in [-0.4, -0.2) is 71.5 Å². The number of aryl methyl sites for hydroxylation is 1. The van der Waals surface area contributed by atoms with Gasteiger partial charge in [-0.2, -0.15) is 0 Å². The van der Waals surface area contributed by atoms with E-state index in [1.165, 1.54) is 12.1 Å². The van der Waals surface area contributed by atoms with Crippen molar-refractivity contribution in [2.75, 3.05) is 44.4 Å². The number of aromatic nitrogens is 1. The molecule has 276 valence electrons. The van der Waals surface area contributed by atoms with Crippen LogP contribution in [0.1, 0.15) is 48.5 Å². The number of quaternary nitrogens is 1. The predicted octanol–water partition coefficient (Wildman–Crippen LogP) is 6.47. The lowest BCUT2D eigenvalue weighted by molar-refractivity contribution is -0.896. The molecule has 4 aromatic carbocycles. The molecule has 1 saturated heterocycles. The molecule has 11 nitrogen and oxygen atoms in total. The minimum Gasteiger partial charge on any atom is -0.506 e. The topological polar surface area (TPSA) is 153 Å². The van der Waals surface area contributed by atoms with Gasteiger partial charge in [-0.25, -0.2) is 4.79 Å². The molecule has 1 aliphatic heterocycles. The minimum atomic E-state index is -0.859. The summed E-state index contributed by atoms with van der Waals surface area (Å²) < 4.78 is 6.75. The maximum Gasteiger partial charge on any atom is 0.411 e. The van der Waals surface area contributed by atoms with Crippen LogP contribution in [-0.2, 0) is 22.5 Å². The van der Waals surface area contributed by atoms with Crippen molar-refractivity contribution in [3.05, 3.63) is 124 Å². The average Bonchev–Trinajstić information content (AvgIpc) is 3.14. The summed E-state index contributed by atoms with van der Waals surface area (Å²) in [7, 11) is 4.39. The molecule has 0 saturated carbocycles. The summed E-state index contributed by atoms with van der Waals surface area (Å²) in [4.78, 5) is 40.1. The number of ether oxygens (including phenoxy) is 1. The molecule has 2 amide bonds. The van der Waals surface area contributed by atoms with Gasteiger partial charge in [0.1, 0.15) is 11.9 Å². The van der Waals surface area contributed by atoms with E-state index >= 15 is 0 Å². The zero-order valence-corrected chi connectivity index (χ0v) is 30.2. The first-order chi connectivity index (χ1) is 25.5. The van der Waals surface area contributed by atoms with Crippen LogP contribution in [0.3, 0.4) is 0 Å². The Morgan fingerprint density at radius 3 is 2.40 bits per heavy atom. The van der Waals surface area contributed by atoms with Crippen LogP contribution >= 0.6 is 0 Å². The number of anilines is 2. The third-order valence-electron chi connectivity index (χ3n) is 9.83. The van der Waals surface area contributed by atoms with Crippen molar-refractivity contribution in [1.82, 2.24) is 10.3 Å². The van der Waals surface area contributed by atoms with E-state index in [4.69, 9.17) is 4.74 Å². The number of fused-ring (bicyclic) bond motifs is 1. The zero-order valence-electron chi connectivity index (χ0n) is 30.2. The van der Waals surface area contributed by atoms with Gasteiger partial charge in [0.25, 0.3) is 0 Å². The van der Waals surface area contributed by atoms with E-state index in [0.29, 0.717) is 53.6 Å². The van der Waals surface area contributed by atoms with E-state index in [1.807, 2.05) is 72.8 Å². The Kier molecular flexibility index (Phi) is 11.9. The number of H-pyrrole nitrogens is 1. The molecule has 11 heteroatoms. The van der Waals surface area contributed by atoms with E-state index in [-0.39, 0.29) is 29.9 Å². The molecule has 1 aromatic heterocycles. The summed E-state index contributed by atoms with van der Waals surface area (Å²) in [5.41, 5.74) is 5.83. The van der Waals surface area contributed by atoms with Gasteiger partial charge in [-0.05, 0) is 65.4 Å². The first-order valence-corrected chi connectivity index (χ1v) is 18.1. The highest BCUT2D eigenvalue weighted by molar-refractivity contribution is 5.92. The zero-order chi connectivity index (χ0) is 37.4. The third kappa shape index (κ3) is 10.1. The number of amides is 2. The molecule has 0 aliphatic carbocycles. The van der Waals surface area contributed by atoms with E-state index in [9.17, 15) is 24.6 Å². The number of nitrogens with one attached hydrogen (secondary N) is 4. The average molecular weight is 719 g/mol. The molecule has 6 rings (SSSR count). The summed E-state index contributed by atoms with van der Waals surface area (Å²) in [5.74, 6) is -0.138. The van der Waals surface area contributed by atoms with Crippen molar-refractivity contribution in [3.63, 3.8) is 0 Å². The molecule has 53 heavy (non-hydrogen) atoms. The maximum atomic E-state index is 13.0. The SMILES string of the molecule is C[N+]1(C)CCC(OC(=O)Nc2cc(CCCC(=O)Nc3ccc(CNC[C@H](O)c4ccc(O)c5[nH]c(=O)ccc45)cc3)ccc2-c2ccccc2)CC1. The summed E-state index contributed by atoms with van der Waals surface area (Å²) in [6.45, 7) is 2.69. The van der Waals surface area contributed by atoms with Crippen molar-refractivity contribution in [2.24, 2.45) is 0 Å². The lowest BCUT2D eigenvalue weighted by Crippen LogP contribution is -2.48. The Labute approximate surface area is 309 Å². The Balaban J connectivity index is 0.976. The van der Waals surface area contributed by atoms with Crippen LogP contribution in [0.15, 0.2) is 102 Å². The van der Waals surface area contributed by atoms with Gasteiger partial charge in [0.2, 0.25) is 11.5 Å². The highest BCUT2D eigenvalue weighted by atomic mass is 16.6. The molecule has 1 fully saturated rings. The van der Waals surface area contributed by atoms with Crippen LogP contribution in [0.5, 0.6) is 5.75 Å². The lowest BCUT2D eigenvalue weighted by Gasteiger charge is -2.36. The smallest absolute Gasteiger partial charge is 0.411 e. The van der Waals surface area contributed by atoms with E-state index < -0.39 is 12.2 Å². The van der Waals surface area contributed by atoms with Crippen molar-refractivity contribution in [1.29, 1.82) is 0 Å². The number of aromatic hydroxyl groups is 1. The second kappa shape index (κ2) is 16.9. The number of nitrogens with zero attached hydrogens (tertiary/aromatic N) is 1. The summed E-state index contributed by atoms with van der Waals surface area (Å²) in [5, 5.41) is 30.7. The summed E-state index contributed by atoms with van der Waals surface area (Å²) in [6, 6.07) is 29.5. The van der Waals surface area contributed by atoms with Crippen molar-refractivity contribution >= 4 is 34.3 Å². The fourth-order valence-electron chi connectivity index (χ4n) is 6.77. The van der Waals surface area contributed by atoms with E-state index in [2.05, 4.69) is 35.0 Å². The molecule has 2 heterocycles.